The highest BCUT2D eigenvalue weighted by Gasteiger charge is 2.32. The van der Waals surface area contributed by atoms with E-state index in [0.717, 1.165) is 32.1 Å². The van der Waals surface area contributed by atoms with Crippen LogP contribution in [-0.2, 0) is 9.84 Å². The molecule has 1 aromatic rings. The van der Waals surface area contributed by atoms with Gasteiger partial charge in [0.15, 0.2) is 9.84 Å². The highest BCUT2D eigenvalue weighted by Crippen LogP contribution is 2.46. The number of rotatable bonds is 6. The summed E-state index contributed by atoms with van der Waals surface area (Å²) in [4.78, 5) is 9.50. The van der Waals surface area contributed by atoms with Gasteiger partial charge in [-0.15, -0.1) is 0 Å². The molecule has 0 spiro atoms. The molecule has 1 saturated carbocycles. The van der Waals surface area contributed by atoms with E-state index in [9.17, 15) is 8.42 Å². The van der Waals surface area contributed by atoms with E-state index in [1.807, 2.05) is 4.93 Å². The highest BCUT2D eigenvalue weighted by molar-refractivity contribution is 14.1. The Balaban J connectivity index is 0.00000176. The van der Waals surface area contributed by atoms with Crippen LogP contribution in [0.4, 0.5) is 11.4 Å². The molecule has 2 saturated heterocycles. The van der Waals surface area contributed by atoms with Crippen molar-refractivity contribution in [3.63, 3.8) is 0 Å². The van der Waals surface area contributed by atoms with E-state index < -0.39 is 9.84 Å². The molecule has 0 aromatic heterocycles. The van der Waals surface area contributed by atoms with E-state index >= 15 is 0 Å². The first-order valence-corrected chi connectivity index (χ1v) is 18.1. The standard InChI is InChI=1S/C28H47N3O2S.CH3I/c1-5-6-13-29-14-16-31(17-15-29)27-12-11-25(30-18-20-34(32,33)21-19-30)22-26(27)23-7-9-24(10-8-23)28(2,3)4;1-2/h11-12,22-24H,5-10,13-21H2,1-4H3;1H3. The summed E-state index contributed by atoms with van der Waals surface area (Å²) in [7, 11) is -2.87. The summed E-state index contributed by atoms with van der Waals surface area (Å²) in [6.07, 6.45) is 7.71. The fraction of sp³-hybridized carbons (Fsp3) is 0.793. The van der Waals surface area contributed by atoms with Gasteiger partial charge in [-0.2, -0.15) is 0 Å². The first-order chi connectivity index (χ1) is 17.2. The van der Waals surface area contributed by atoms with Crippen molar-refractivity contribution in [1.29, 1.82) is 0 Å². The molecule has 3 fully saturated rings. The number of anilines is 2. The van der Waals surface area contributed by atoms with E-state index in [1.165, 1.54) is 62.0 Å². The average molecular weight is 632 g/mol. The Bertz CT molecular complexity index is 901. The Morgan fingerprint density at radius 3 is 2.06 bits per heavy atom. The third kappa shape index (κ3) is 7.98. The predicted octanol–water partition coefficient (Wildman–Crippen LogP) is 6.21. The van der Waals surface area contributed by atoms with E-state index in [0.29, 0.717) is 24.4 Å². The molecule has 206 valence electrons. The van der Waals surface area contributed by atoms with Crippen molar-refractivity contribution in [2.24, 2.45) is 11.3 Å². The Hall–Kier alpha value is -0.540. The predicted molar refractivity (Wildman–Crippen MR) is 165 cm³/mol. The van der Waals surface area contributed by atoms with Gasteiger partial charge in [-0.3, -0.25) is 4.90 Å². The van der Waals surface area contributed by atoms with Gasteiger partial charge in [-0.1, -0.05) is 56.7 Å². The van der Waals surface area contributed by atoms with Gasteiger partial charge in [0.2, 0.25) is 0 Å². The van der Waals surface area contributed by atoms with Crippen LogP contribution in [0, 0.1) is 11.3 Å². The zero-order valence-corrected chi connectivity index (χ0v) is 26.4. The average Bonchev–Trinajstić information content (AvgIpc) is 2.88. The van der Waals surface area contributed by atoms with Gasteiger partial charge in [0.1, 0.15) is 0 Å². The normalized spacial score (nSPS) is 25.3. The number of hydrogen-bond acceptors (Lipinski definition) is 5. The highest BCUT2D eigenvalue weighted by atomic mass is 127. The van der Waals surface area contributed by atoms with Crippen LogP contribution in [0.1, 0.15) is 77.7 Å². The molecule has 3 aliphatic rings. The van der Waals surface area contributed by atoms with E-state index in [1.54, 1.807) is 0 Å². The van der Waals surface area contributed by atoms with Crippen molar-refractivity contribution in [3.8, 4) is 0 Å². The molecule has 1 aromatic carbocycles. The minimum atomic E-state index is -2.87. The number of benzene rings is 1. The molecule has 4 rings (SSSR count). The Kier molecular flexibility index (Phi) is 11.3. The monoisotopic (exact) mass is 631 g/mol. The zero-order chi connectivity index (χ0) is 26.3. The third-order valence-corrected chi connectivity index (χ3v) is 10.3. The molecule has 0 amide bonds. The fourth-order valence-corrected chi connectivity index (χ4v) is 7.39. The Labute approximate surface area is 235 Å². The van der Waals surface area contributed by atoms with Crippen molar-refractivity contribution in [3.05, 3.63) is 23.8 Å². The summed E-state index contributed by atoms with van der Waals surface area (Å²) in [6.45, 7) is 16.4. The summed E-state index contributed by atoms with van der Waals surface area (Å²) in [6, 6.07) is 7.03. The molecule has 7 heteroatoms. The lowest BCUT2D eigenvalue weighted by atomic mass is 9.68. The second kappa shape index (κ2) is 13.5. The smallest absolute Gasteiger partial charge is 0.153 e. The summed E-state index contributed by atoms with van der Waals surface area (Å²) in [5, 5.41) is 0. The second-order valence-corrected chi connectivity index (χ2v) is 14.3. The Morgan fingerprint density at radius 2 is 1.50 bits per heavy atom. The lowest BCUT2D eigenvalue weighted by Gasteiger charge is -2.41. The van der Waals surface area contributed by atoms with Gasteiger partial charge in [0.05, 0.1) is 11.5 Å². The summed E-state index contributed by atoms with van der Waals surface area (Å²) >= 11 is 2.15. The number of sulfone groups is 1. The molecule has 0 atom stereocenters. The molecule has 5 nitrogen and oxygen atoms in total. The van der Waals surface area contributed by atoms with Crippen molar-refractivity contribution in [2.45, 2.75) is 72.1 Å². The minimum absolute atomic E-state index is 0.278. The molecule has 0 bridgehead atoms. The topological polar surface area (TPSA) is 43.9 Å². The van der Waals surface area contributed by atoms with Gasteiger partial charge in [-0.25, -0.2) is 8.42 Å². The van der Waals surface area contributed by atoms with Crippen LogP contribution in [0.2, 0.25) is 0 Å². The number of piperazine rings is 1. The number of hydrogen-bond donors (Lipinski definition) is 0. The maximum atomic E-state index is 12.0. The molecule has 2 heterocycles. The van der Waals surface area contributed by atoms with E-state index in [4.69, 9.17) is 0 Å². The second-order valence-electron chi connectivity index (χ2n) is 12.0. The van der Waals surface area contributed by atoms with Crippen LogP contribution in [-0.4, -0.2) is 75.6 Å². The SMILES string of the molecule is CCCCN1CCN(c2ccc(N3CCS(=O)(=O)CC3)cc2C2CCC(C(C)(C)C)CC2)CC1.CI. The molecule has 2 aliphatic heterocycles. The Morgan fingerprint density at radius 1 is 0.889 bits per heavy atom. The van der Waals surface area contributed by atoms with Crippen LogP contribution in [0.3, 0.4) is 0 Å². The molecule has 1 aliphatic carbocycles. The van der Waals surface area contributed by atoms with Crippen LogP contribution in [0.5, 0.6) is 0 Å². The first kappa shape index (κ1) is 30.0. The minimum Gasteiger partial charge on any atom is -0.369 e. The van der Waals surface area contributed by atoms with Crippen molar-refractivity contribution in [2.75, 3.05) is 72.0 Å². The molecule has 0 N–H and O–H groups in total. The van der Waals surface area contributed by atoms with E-state index in [-0.39, 0.29) is 11.5 Å². The van der Waals surface area contributed by atoms with Crippen molar-refractivity contribution < 1.29 is 8.42 Å². The molecular formula is C29H50IN3O2S. The zero-order valence-electron chi connectivity index (χ0n) is 23.4. The lowest BCUT2D eigenvalue weighted by Crippen LogP contribution is -2.47. The van der Waals surface area contributed by atoms with Gasteiger partial charge in [-0.05, 0) is 84.6 Å². The number of nitrogens with zero attached hydrogens (tertiary/aromatic N) is 3. The quantitative estimate of drug-likeness (QED) is 0.276. The fourth-order valence-electron chi connectivity index (χ4n) is 6.19. The molecule has 0 unspecified atom stereocenters. The van der Waals surface area contributed by atoms with E-state index in [2.05, 4.69) is 83.2 Å². The summed E-state index contributed by atoms with van der Waals surface area (Å²) in [5.41, 5.74) is 4.56. The number of unbranched alkanes of at least 4 members (excludes halogenated alkanes) is 1. The molecule has 36 heavy (non-hydrogen) atoms. The van der Waals surface area contributed by atoms with Gasteiger partial charge in [0.25, 0.3) is 0 Å². The van der Waals surface area contributed by atoms with Crippen LogP contribution < -0.4 is 9.80 Å². The number of alkyl halides is 1. The third-order valence-electron chi connectivity index (χ3n) is 8.65. The van der Waals surface area contributed by atoms with Crippen molar-refractivity contribution in [1.82, 2.24) is 4.90 Å². The van der Waals surface area contributed by atoms with Crippen molar-refractivity contribution >= 4 is 43.8 Å². The van der Waals surface area contributed by atoms with Gasteiger partial charge >= 0.3 is 0 Å². The number of halogens is 1. The van der Waals surface area contributed by atoms with Gasteiger partial charge < -0.3 is 9.80 Å². The maximum absolute atomic E-state index is 12.0. The largest absolute Gasteiger partial charge is 0.369 e. The summed E-state index contributed by atoms with van der Waals surface area (Å²) < 4.78 is 23.9. The van der Waals surface area contributed by atoms with Gasteiger partial charge in [0, 0.05) is 50.6 Å². The van der Waals surface area contributed by atoms with Crippen LogP contribution in [0.25, 0.3) is 0 Å². The lowest BCUT2D eigenvalue weighted by molar-refractivity contribution is 0.169. The van der Waals surface area contributed by atoms with Crippen LogP contribution >= 0.6 is 22.6 Å². The summed E-state index contributed by atoms with van der Waals surface area (Å²) in [5.74, 6) is 1.98. The molecular weight excluding hydrogens is 581 g/mol. The first-order valence-electron chi connectivity index (χ1n) is 14.1. The molecule has 0 radical (unpaired) electrons. The maximum Gasteiger partial charge on any atom is 0.153 e. The van der Waals surface area contributed by atoms with Crippen LogP contribution in [0.15, 0.2) is 18.2 Å².